The molecule has 0 aliphatic carbocycles. The maximum absolute atomic E-state index is 10.8. The van der Waals surface area contributed by atoms with Gasteiger partial charge in [-0.15, -0.1) is 0 Å². The third-order valence-corrected chi connectivity index (χ3v) is 3.69. The van der Waals surface area contributed by atoms with Crippen LogP contribution in [0.5, 0.6) is 0 Å². The second-order valence-corrected chi connectivity index (χ2v) is 5.96. The Morgan fingerprint density at radius 1 is 1.21 bits per heavy atom. The molecule has 0 aliphatic heterocycles. The van der Waals surface area contributed by atoms with Crippen molar-refractivity contribution in [2.45, 2.75) is 25.0 Å². The molecule has 0 heterocycles. The summed E-state index contributed by atoms with van der Waals surface area (Å²) in [7, 11) is -4.85. The molecule has 3 atom stereocenters. The van der Waals surface area contributed by atoms with Crippen LogP contribution in [0.25, 0.3) is 0 Å². The van der Waals surface area contributed by atoms with Crippen molar-refractivity contribution < 1.29 is 29.7 Å². The van der Waals surface area contributed by atoms with Crippen LogP contribution in [0, 0.1) is 6.92 Å². The normalized spacial score (nSPS) is 16.7. The number of aryl methyl sites for hydroxylation is 1. The molecule has 1 rings (SSSR count). The van der Waals surface area contributed by atoms with E-state index in [-0.39, 0.29) is 6.54 Å². The van der Waals surface area contributed by atoms with E-state index in [1.807, 2.05) is 19.1 Å². The minimum atomic E-state index is -4.85. The second-order valence-electron chi connectivity index (χ2n) is 4.26. The summed E-state index contributed by atoms with van der Waals surface area (Å²) < 4.78 is 10.8. The molecule has 0 aliphatic rings. The molecule has 7 nitrogen and oxygen atoms in total. The van der Waals surface area contributed by atoms with Gasteiger partial charge >= 0.3 is 7.60 Å². The van der Waals surface area contributed by atoms with E-state index in [0.29, 0.717) is 0 Å². The quantitative estimate of drug-likeness (QED) is 0.394. The maximum atomic E-state index is 10.8. The minimum absolute atomic E-state index is 0.150. The van der Waals surface area contributed by atoms with Crippen molar-refractivity contribution in [3.8, 4) is 0 Å². The number of benzene rings is 1. The monoisotopic (exact) mass is 291 g/mol. The van der Waals surface area contributed by atoms with Crippen LogP contribution in [0.1, 0.15) is 5.56 Å². The SMILES string of the molecule is Cc1ccccc1NC[C@H](O)[C@H](O)[C@H](O)P(=O)(O)O. The highest BCUT2D eigenvalue weighted by Crippen LogP contribution is 2.41. The van der Waals surface area contributed by atoms with Crippen molar-refractivity contribution in [2.24, 2.45) is 0 Å². The third-order valence-electron chi connectivity index (χ3n) is 2.69. The Bertz CT molecular complexity index is 462. The smallest absolute Gasteiger partial charge is 0.356 e. The zero-order valence-electron chi connectivity index (χ0n) is 10.3. The van der Waals surface area contributed by atoms with E-state index in [2.05, 4.69) is 5.32 Å². The van der Waals surface area contributed by atoms with Gasteiger partial charge in [-0.25, -0.2) is 0 Å². The molecule has 108 valence electrons. The molecule has 0 aromatic heterocycles. The van der Waals surface area contributed by atoms with Crippen LogP contribution < -0.4 is 5.32 Å². The fourth-order valence-electron chi connectivity index (χ4n) is 1.50. The predicted molar refractivity (Wildman–Crippen MR) is 69.7 cm³/mol. The maximum Gasteiger partial charge on any atom is 0.356 e. The Labute approximate surface area is 110 Å². The number of hydrogen-bond donors (Lipinski definition) is 6. The minimum Gasteiger partial charge on any atom is -0.388 e. The van der Waals surface area contributed by atoms with Crippen LogP contribution in [0.4, 0.5) is 5.69 Å². The van der Waals surface area contributed by atoms with E-state index in [9.17, 15) is 19.9 Å². The summed E-state index contributed by atoms with van der Waals surface area (Å²) in [5.41, 5.74) is 1.64. The van der Waals surface area contributed by atoms with Crippen LogP contribution in [0.2, 0.25) is 0 Å². The Balaban J connectivity index is 2.59. The van der Waals surface area contributed by atoms with E-state index in [4.69, 9.17) is 9.79 Å². The lowest BCUT2D eigenvalue weighted by atomic mass is 10.1. The first-order valence-corrected chi connectivity index (χ1v) is 7.30. The second kappa shape index (κ2) is 6.47. The number of anilines is 1. The summed E-state index contributed by atoms with van der Waals surface area (Å²) in [6.07, 6.45) is -3.44. The number of aliphatic hydroxyl groups is 3. The number of nitrogens with one attached hydrogen (secondary N) is 1. The van der Waals surface area contributed by atoms with Gasteiger partial charge in [-0.05, 0) is 18.6 Å². The summed E-state index contributed by atoms with van der Waals surface area (Å²) in [6.45, 7) is 1.69. The summed E-state index contributed by atoms with van der Waals surface area (Å²) >= 11 is 0. The van der Waals surface area contributed by atoms with Crippen LogP contribution in [0.15, 0.2) is 24.3 Å². The van der Waals surface area contributed by atoms with Gasteiger partial charge in [0.1, 0.15) is 12.2 Å². The van der Waals surface area contributed by atoms with Crippen LogP contribution in [-0.2, 0) is 4.57 Å². The van der Waals surface area contributed by atoms with Crippen molar-refractivity contribution >= 4 is 13.3 Å². The number of para-hydroxylation sites is 1. The lowest BCUT2D eigenvalue weighted by Gasteiger charge is -2.24. The van der Waals surface area contributed by atoms with Gasteiger partial charge in [0.25, 0.3) is 0 Å². The molecule has 0 spiro atoms. The number of rotatable bonds is 6. The number of hydrogen-bond acceptors (Lipinski definition) is 5. The zero-order valence-corrected chi connectivity index (χ0v) is 11.2. The Kier molecular flexibility index (Phi) is 5.49. The highest BCUT2D eigenvalue weighted by atomic mass is 31.2. The van der Waals surface area contributed by atoms with Crippen LogP contribution in [-0.4, -0.2) is 49.7 Å². The van der Waals surface area contributed by atoms with E-state index in [0.717, 1.165) is 11.3 Å². The Morgan fingerprint density at radius 3 is 2.32 bits per heavy atom. The van der Waals surface area contributed by atoms with Gasteiger partial charge < -0.3 is 30.4 Å². The largest absolute Gasteiger partial charge is 0.388 e. The molecule has 0 bridgehead atoms. The number of aliphatic hydroxyl groups excluding tert-OH is 3. The van der Waals surface area contributed by atoms with Crippen molar-refractivity contribution in [1.82, 2.24) is 0 Å². The molecule has 0 unspecified atom stereocenters. The highest BCUT2D eigenvalue weighted by Gasteiger charge is 2.37. The highest BCUT2D eigenvalue weighted by molar-refractivity contribution is 7.52. The predicted octanol–water partition coefficient (Wildman–Crippen LogP) is -0.375. The van der Waals surface area contributed by atoms with E-state index in [1.165, 1.54) is 0 Å². The molecule has 1 aromatic carbocycles. The van der Waals surface area contributed by atoms with E-state index in [1.54, 1.807) is 12.1 Å². The van der Waals surface area contributed by atoms with Crippen LogP contribution in [0.3, 0.4) is 0 Å². The molecule has 0 fully saturated rings. The van der Waals surface area contributed by atoms with Gasteiger partial charge in [0.2, 0.25) is 0 Å². The first-order valence-electron chi connectivity index (χ1n) is 5.62. The first-order chi connectivity index (χ1) is 8.73. The fraction of sp³-hybridized carbons (Fsp3) is 0.455. The summed E-state index contributed by atoms with van der Waals surface area (Å²) in [6, 6.07) is 7.22. The molecule has 0 radical (unpaired) electrons. The Hall–Kier alpha value is -0.950. The van der Waals surface area contributed by atoms with Gasteiger partial charge in [-0.3, -0.25) is 4.57 Å². The molecule has 6 N–H and O–H groups in total. The fourth-order valence-corrected chi connectivity index (χ4v) is 2.10. The molecular weight excluding hydrogens is 273 g/mol. The molecule has 0 saturated heterocycles. The first kappa shape index (κ1) is 16.1. The van der Waals surface area contributed by atoms with Crippen molar-refractivity contribution in [3.05, 3.63) is 29.8 Å². The van der Waals surface area contributed by atoms with Crippen molar-refractivity contribution in [3.63, 3.8) is 0 Å². The van der Waals surface area contributed by atoms with Gasteiger partial charge in [-0.1, -0.05) is 18.2 Å². The topological polar surface area (TPSA) is 130 Å². The molecule has 19 heavy (non-hydrogen) atoms. The lowest BCUT2D eigenvalue weighted by molar-refractivity contribution is -0.0310. The molecule has 8 heteroatoms. The summed E-state index contributed by atoms with van der Waals surface area (Å²) in [5.74, 6) is -2.30. The molecule has 0 saturated carbocycles. The summed E-state index contributed by atoms with van der Waals surface area (Å²) in [5, 5.41) is 31.0. The lowest BCUT2D eigenvalue weighted by Crippen LogP contribution is -2.41. The molecule has 1 aromatic rings. The van der Waals surface area contributed by atoms with Crippen molar-refractivity contribution in [2.75, 3.05) is 11.9 Å². The standard InChI is InChI=1S/C11H18NO6P/c1-7-4-2-3-5-8(7)12-6-9(13)10(14)11(15)19(16,17)18/h2-5,9-15H,6H2,1H3,(H2,16,17,18)/t9-,10-,11+/m0/s1. The van der Waals surface area contributed by atoms with Gasteiger partial charge in [0, 0.05) is 12.2 Å². The average molecular weight is 291 g/mol. The zero-order chi connectivity index (χ0) is 14.6. The third kappa shape index (κ3) is 4.58. The van der Waals surface area contributed by atoms with E-state index >= 15 is 0 Å². The average Bonchev–Trinajstić information content (AvgIpc) is 2.34. The van der Waals surface area contributed by atoms with Crippen LogP contribution >= 0.6 is 7.60 Å². The van der Waals surface area contributed by atoms with Crippen molar-refractivity contribution in [1.29, 1.82) is 0 Å². The van der Waals surface area contributed by atoms with E-state index < -0.39 is 25.6 Å². The van der Waals surface area contributed by atoms with Gasteiger partial charge in [-0.2, -0.15) is 0 Å². The van der Waals surface area contributed by atoms with Gasteiger partial charge in [0.15, 0.2) is 5.85 Å². The van der Waals surface area contributed by atoms with Gasteiger partial charge in [0.05, 0.1) is 0 Å². The molecular formula is C11H18NO6P. The molecule has 0 amide bonds. The Morgan fingerprint density at radius 2 is 1.79 bits per heavy atom. The summed E-state index contributed by atoms with van der Waals surface area (Å²) in [4.78, 5) is 17.4.